The molecule has 0 aliphatic rings. The van der Waals surface area contributed by atoms with Crippen molar-refractivity contribution in [2.24, 2.45) is 0 Å². The van der Waals surface area contributed by atoms with Crippen LogP contribution in [-0.4, -0.2) is 21.8 Å². The number of aromatic amines is 1. The van der Waals surface area contributed by atoms with E-state index in [1.165, 1.54) is 13.0 Å². The predicted octanol–water partition coefficient (Wildman–Crippen LogP) is 0.584. The third-order valence-corrected chi connectivity index (χ3v) is 1.76. The Morgan fingerprint density at radius 1 is 1.43 bits per heavy atom. The van der Waals surface area contributed by atoms with E-state index < -0.39 is 22.9 Å². The van der Waals surface area contributed by atoms with E-state index in [0.29, 0.717) is 5.69 Å². The molecule has 0 amide bonds. The molecule has 74 valence electrons. The maximum absolute atomic E-state index is 11.2. The molecule has 0 saturated carbocycles. The highest BCUT2D eigenvalue weighted by Gasteiger charge is 2.18. The molecule has 0 aromatic carbocycles. The Morgan fingerprint density at radius 2 is 2.00 bits per heavy atom. The van der Waals surface area contributed by atoms with Gasteiger partial charge in [-0.15, -0.1) is 0 Å². The summed E-state index contributed by atoms with van der Waals surface area (Å²) in [5.41, 5.74) is -0.838. The summed E-state index contributed by atoms with van der Waals surface area (Å²) in [6.07, 6.45) is 0. The van der Waals surface area contributed by atoms with E-state index in [4.69, 9.17) is 5.11 Å². The Balaban J connectivity index is 3.61. The molecule has 2 N–H and O–H groups in total. The van der Waals surface area contributed by atoms with Crippen molar-refractivity contribution in [3.05, 3.63) is 33.2 Å². The number of hydrogen-bond donors (Lipinski definition) is 2. The van der Waals surface area contributed by atoms with Crippen LogP contribution in [0.5, 0.6) is 0 Å². The maximum Gasteiger partial charge on any atom is 0.342 e. The van der Waals surface area contributed by atoms with Gasteiger partial charge in [-0.1, -0.05) is 0 Å². The molecule has 0 fully saturated rings. The van der Waals surface area contributed by atoms with Crippen molar-refractivity contribution < 1.29 is 14.7 Å². The molecule has 0 saturated heterocycles. The van der Waals surface area contributed by atoms with Gasteiger partial charge in [0.25, 0.3) is 5.56 Å². The van der Waals surface area contributed by atoms with Crippen molar-refractivity contribution in [3.8, 4) is 0 Å². The van der Waals surface area contributed by atoms with Crippen LogP contribution < -0.4 is 5.56 Å². The molecule has 1 aromatic rings. The van der Waals surface area contributed by atoms with Crippen LogP contribution in [0.2, 0.25) is 0 Å². The lowest BCUT2D eigenvalue weighted by atomic mass is 10.1. The van der Waals surface area contributed by atoms with Gasteiger partial charge in [-0.05, 0) is 19.9 Å². The smallest absolute Gasteiger partial charge is 0.342 e. The second-order valence-corrected chi connectivity index (χ2v) is 2.93. The van der Waals surface area contributed by atoms with Crippen molar-refractivity contribution in [1.29, 1.82) is 0 Å². The number of H-pyrrole nitrogens is 1. The highest BCUT2D eigenvalue weighted by Crippen LogP contribution is 2.06. The molecule has 14 heavy (non-hydrogen) atoms. The predicted molar refractivity (Wildman–Crippen MR) is 48.8 cm³/mol. The van der Waals surface area contributed by atoms with Gasteiger partial charge in [0.15, 0.2) is 5.78 Å². The van der Waals surface area contributed by atoms with Gasteiger partial charge in [0.2, 0.25) is 0 Å². The number of rotatable bonds is 2. The van der Waals surface area contributed by atoms with Crippen LogP contribution >= 0.6 is 0 Å². The number of carbonyl (C=O) groups excluding carboxylic acids is 1. The van der Waals surface area contributed by atoms with Gasteiger partial charge in [-0.25, -0.2) is 4.79 Å². The molecule has 0 atom stereocenters. The molecule has 0 bridgehead atoms. The zero-order valence-corrected chi connectivity index (χ0v) is 7.75. The highest BCUT2D eigenvalue weighted by atomic mass is 16.4. The third kappa shape index (κ3) is 1.71. The van der Waals surface area contributed by atoms with Crippen LogP contribution in [-0.2, 0) is 0 Å². The number of aromatic nitrogens is 1. The molecule has 0 spiro atoms. The largest absolute Gasteiger partial charge is 0.477 e. The molecule has 0 radical (unpaired) electrons. The van der Waals surface area contributed by atoms with Crippen LogP contribution in [0.1, 0.15) is 33.3 Å². The summed E-state index contributed by atoms with van der Waals surface area (Å²) in [6.45, 7) is 2.81. The van der Waals surface area contributed by atoms with Crippen LogP contribution in [0.25, 0.3) is 0 Å². The van der Waals surface area contributed by atoms with Crippen molar-refractivity contribution in [2.75, 3.05) is 0 Å². The summed E-state index contributed by atoms with van der Waals surface area (Å²) in [5.74, 6) is -1.83. The first-order valence-electron chi connectivity index (χ1n) is 3.91. The van der Waals surface area contributed by atoms with Crippen molar-refractivity contribution in [3.63, 3.8) is 0 Å². The average Bonchev–Trinajstić information content (AvgIpc) is 2.01. The van der Waals surface area contributed by atoms with E-state index in [-0.39, 0.29) is 5.56 Å². The SMILES string of the molecule is CC(=O)c1cc(C)[nH]c(=O)c1C(=O)O. The summed E-state index contributed by atoms with van der Waals surface area (Å²) in [5, 5.41) is 8.71. The second-order valence-electron chi connectivity index (χ2n) is 2.93. The summed E-state index contributed by atoms with van der Waals surface area (Å²) in [6, 6.07) is 1.35. The summed E-state index contributed by atoms with van der Waals surface area (Å²) in [7, 11) is 0. The monoisotopic (exact) mass is 195 g/mol. The molecule has 1 heterocycles. The maximum atomic E-state index is 11.2. The van der Waals surface area contributed by atoms with Gasteiger partial charge in [-0.3, -0.25) is 9.59 Å². The van der Waals surface area contributed by atoms with Gasteiger partial charge < -0.3 is 10.1 Å². The van der Waals surface area contributed by atoms with E-state index in [0.717, 1.165) is 0 Å². The van der Waals surface area contributed by atoms with E-state index in [2.05, 4.69) is 4.98 Å². The molecule has 0 aliphatic carbocycles. The van der Waals surface area contributed by atoms with Crippen molar-refractivity contribution in [2.45, 2.75) is 13.8 Å². The van der Waals surface area contributed by atoms with Crippen molar-refractivity contribution >= 4 is 11.8 Å². The minimum absolute atomic E-state index is 0.0567. The van der Waals surface area contributed by atoms with Crippen LogP contribution in [0.15, 0.2) is 10.9 Å². The van der Waals surface area contributed by atoms with Crippen LogP contribution in [0, 0.1) is 6.92 Å². The number of ketones is 1. The minimum atomic E-state index is -1.39. The van der Waals surface area contributed by atoms with Crippen molar-refractivity contribution in [1.82, 2.24) is 4.98 Å². The van der Waals surface area contributed by atoms with E-state index in [9.17, 15) is 14.4 Å². The number of aromatic carboxylic acids is 1. The molecule has 1 aromatic heterocycles. The molecule has 5 heteroatoms. The van der Waals surface area contributed by atoms with E-state index in [1.54, 1.807) is 6.92 Å². The Hall–Kier alpha value is -1.91. The Kier molecular flexibility index (Phi) is 2.51. The van der Waals surface area contributed by atoms with Gasteiger partial charge in [0, 0.05) is 11.3 Å². The van der Waals surface area contributed by atoms with Gasteiger partial charge in [0.05, 0.1) is 0 Å². The Labute approximate surface area is 79.4 Å². The molecule has 5 nitrogen and oxygen atoms in total. The lowest BCUT2D eigenvalue weighted by molar-refractivity contribution is 0.0690. The minimum Gasteiger partial charge on any atom is -0.477 e. The van der Waals surface area contributed by atoms with Crippen LogP contribution in [0.4, 0.5) is 0 Å². The summed E-state index contributed by atoms with van der Waals surface area (Å²) >= 11 is 0. The topological polar surface area (TPSA) is 87.2 Å². The number of carboxylic acid groups (broad SMARTS) is 1. The van der Waals surface area contributed by atoms with Gasteiger partial charge in [0.1, 0.15) is 5.56 Å². The lowest BCUT2D eigenvalue weighted by Gasteiger charge is -2.02. The normalized spacial score (nSPS) is 9.86. The lowest BCUT2D eigenvalue weighted by Crippen LogP contribution is -2.22. The van der Waals surface area contributed by atoms with Gasteiger partial charge >= 0.3 is 5.97 Å². The van der Waals surface area contributed by atoms with Crippen LogP contribution in [0.3, 0.4) is 0 Å². The number of carboxylic acids is 1. The number of aryl methyl sites for hydroxylation is 1. The quantitative estimate of drug-likeness (QED) is 0.676. The fourth-order valence-corrected chi connectivity index (χ4v) is 1.18. The van der Waals surface area contributed by atoms with E-state index in [1.807, 2.05) is 0 Å². The third-order valence-electron chi connectivity index (χ3n) is 1.76. The first kappa shape index (κ1) is 10.2. The molecule has 1 rings (SSSR count). The average molecular weight is 195 g/mol. The molecule has 0 aliphatic heterocycles. The second kappa shape index (κ2) is 3.45. The summed E-state index contributed by atoms with van der Waals surface area (Å²) in [4.78, 5) is 35.3. The number of pyridine rings is 1. The number of nitrogens with one attached hydrogen (secondary N) is 1. The zero-order chi connectivity index (χ0) is 10.9. The molecular weight excluding hydrogens is 186 g/mol. The highest BCUT2D eigenvalue weighted by molar-refractivity contribution is 6.04. The number of carbonyl (C=O) groups is 2. The van der Waals surface area contributed by atoms with Gasteiger partial charge in [-0.2, -0.15) is 0 Å². The number of hydrogen-bond acceptors (Lipinski definition) is 3. The summed E-state index contributed by atoms with van der Waals surface area (Å²) < 4.78 is 0. The number of Topliss-reactive ketones (excluding diaryl/α,β-unsaturated/α-hetero) is 1. The fourth-order valence-electron chi connectivity index (χ4n) is 1.18. The first-order chi connectivity index (χ1) is 6.43. The molecular formula is C9H9NO4. The fraction of sp³-hybridized carbons (Fsp3) is 0.222. The Morgan fingerprint density at radius 3 is 2.43 bits per heavy atom. The molecule has 0 unspecified atom stereocenters. The standard InChI is InChI=1S/C9H9NO4/c1-4-3-6(5(2)11)7(9(13)14)8(12)10-4/h3H,1-2H3,(H,10,12)(H,13,14). The zero-order valence-electron chi connectivity index (χ0n) is 7.75. The first-order valence-corrected chi connectivity index (χ1v) is 3.91. The van der Waals surface area contributed by atoms with E-state index >= 15 is 0 Å². The Bertz CT molecular complexity index is 458.